The monoisotopic (exact) mass is 241 g/mol. The average Bonchev–Trinajstić information content (AvgIpc) is 2.40. The smallest absolute Gasteiger partial charge is 0.159 e. The van der Waals surface area contributed by atoms with E-state index < -0.39 is 0 Å². The Labute approximate surface area is 109 Å². The summed E-state index contributed by atoms with van der Waals surface area (Å²) in [6.07, 6.45) is 5.83. The molecule has 0 saturated heterocycles. The van der Waals surface area contributed by atoms with Gasteiger partial charge in [0, 0.05) is 18.0 Å². The lowest BCUT2D eigenvalue weighted by atomic mass is 10.1. The van der Waals surface area contributed by atoms with Gasteiger partial charge in [-0.15, -0.1) is 0 Å². The summed E-state index contributed by atoms with van der Waals surface area (Å²) in [5.41, 5.74) is 2.44. The van der Waals surface area contributed by atoms with Gasteiger partial charge in [-0.1, -0.05) is 18.2 Å². The van der Waals surface area contributed by atoms with Crippen LogP contribution in [0.15, 0.2) is 42.7 Å². The molecule has 0 aliphatic rings. The van der Waals surface area contributed by atoms with Gasteiger partial charge in [-0.25, -0.2) is 9.97 Å². The van der Waals surface area contributed by atoms with E-state index in [0.29, 0.717) is 0 Å². The van der Waals surface area contributed by atoms with E-state index in [1.165, 1.54) is 12.0 Å². The second-order valence-corrected chi connectivity index (χ2v) is 4.68. The first-order valence-electron chi connectivity index (χ1n) is 6.27. The van der Waals surface area contributed by atoms with E-state index >= 15 is 0 Å². The highest BCUT2D eigenvalue weighted by molar-refractivity contribution is 5.55. The zero-order valence-electron chi connectivity index (χ0n) is 11.0. The predicted octanol–water partition coefficient (Wildman–Crippen LogP) is 2.64. The lowest BCUT2D eigenvalue weighted by Crippen LogP contribution is -2.13. The summed E-state index contributed by atoms with van der Waals surface area (Å²) in [6, 6.07) is 10.3. The van der Waals surface area contributed by atoms with Crippen LogP contribution in [0.3, 0.4) is 0 Å². The molecule has 0 atom stereocenters. The molecule has 0 spiro atoms. The molecule has 1 aromatic carbocycles. The summed E-state index contributed by atoms with van der Waals surface area (Å²) in [6.45, 7) is 1.12. The van der Waals surface area contributed by atoms with Crippen LogP contribution in [0.1, 0.15) is 12.0 Å². The number of aryl methyl sites for hydroxylation is 1. The van der Waals surface area contributed by atoms with Gasteiger partial charge in [0.2, 0.25) is 0 Å². The number of aromatic nitrogens is 2. The van der Waals surface area contributed by atoms with Crippen molar-refractivity contribution in [2.45, 2.75) is 12.8 Å². The number of hydrogen-bond donors (Lipinski definition) is 0. The first-order chi connectivity index (χ1) is 8.75. The third kappa shape index (κ3) is 3.64. The van der Waals surface area contributed by atoms with Crippen LogP contribution >= 0.6 is 0 Å². The van der Waals surface area contributed by atoms with Crippen molar-refractivity contribution in [2.24, 2.45) is 0 Å². The molecule has 0 radical (unpaired) electrons. The number of hydrogen-bond acceptors (Lipinski definition) is 3. The van der Waals surface area contributed by atoms with Gasteiger partial charge in [0.05, 0.1) is 0 Å². The number of rotatable bonds is 5. The lowest BCUT2D eigenvalue weighted by Gasteiger charge is -2.09. The molecule has 94 valence electrons. The second kappa shape index (κ2) is 6.26. The molecule has 1 aromatic heterocycles. The van der Waals surface area contributed by atoms with Gasteiger partial charge >= 0.3 is 0 Å². The Kier molecular flexibility index (Phi) is 4.42. The molecule has 0 saturated carbocycles. The Morgan fingerprint density at radius 1 is 1.06 bits per heavy atom. The predicted molar refractivity (Wildman–Crippen MR) is 74.3 cm³/mol. The summed E-state index contributed by atoms with van der Waals surface area (Å²) in [4.78, 5) is 10.8. The van der Waals surface area contributed by atoms with Crippen molar-refractivity contribution in [1.29, 1.82) is 0 Å². The van der Waals surface area contributed by atoms with Gasteiger partial charge < -0.3 is 4.90 Å². The van der Waals surface area contributed by atoms with E-state index in [-0.39, 0.29) is 0 Å². The van der Waals surface area contributed by atoms with Crippen molar-refractivity contribution in [3.63, 3.8) is 0 Å². The molecule has 2 rings (SSSR count). The molecule has 1 heterocycles. The van der Waals surface area contributed by atoms with Crippen molar-refractivity contribution in [1.82, 2.24) is 14.9 Å². The Balaban J connectivity index is 2.06. The Bertz CT molecular complexity index is 480. The minimum atomic E-state index is 0.798. The fourth-order valence-electron chi connectivity index (χ4n) is 1.91. The summed E-state index contributed by atoms with van der Waals surface area (Å²) in [5.74, 6) is 0.798. The van der Waals surface area contributed by atoms with Gasteiger partial charge in [-0.05, 0) is 51.2 Å². The van der Waals surface area contributed by atoms with Crippen molar-refractivity contribution in [3.8, 4) is 11.4 Å². The fraction of sp³-hybridized carbons (Fsp3) is 0.333. The van der Waals surface area contributed by atoms with Crippen LogP contribution in [0.5, 0.6) is 0 Å². The summed E-state index contributed by atoms with van der Waals surface area (Å²) >= 11 is 0. The van der Waals surface area contributed by atoms with Gasteiger partial charge in [-0.3, -0.25) is 0 Å². The number of benzene rings is 1. The van der Waals surface area contributed by atoms with E-state index in [4.69, 9.17) is 0 Å². The third-order valence-electron chi connectivity index (χ3n) is 2.82. The highest BCUT2D eigenvalue weighted by Crippen LogP contribution is 2.16. The first-order valence-corrected chi connectivity index (χ1v) is 6.27. The van der Waals surface area contributed by atoms with Crippen molar-refractivity contribution in [2.75, 3.05) is 20.6 Å². The van der Waals surface area contributed by atoms with Gasteiger partial charge in [0.15, 0.2) is 5.82 Å². The molecule has 0 aliphatic carbocycles. The molecule has 0 bridgehead atoms. The fourth-order valence-corrected chi connectivity index (χ4v) is 1.91. The van der Waals surface area contributed by atoms with Crippen LogP contribution in [-0.2, 0) is 6.42 Å². The maximum atomic E-state index is 4.28. The molecule has 0 unspecified atom stereocenters. The van der Waals surface area contributed by atoms with Gasteiger partial charge in [0.25, 0.3) is 0 Å². The third-order valence-corrected chi connectivity index (χ3v) is 2.82. The van der Waals surface area contributed by atoms with Crippen LogP contribution in [0.25, 0.3) is 11.4 Å². The first kappa shape index (κ1) is 12.7. The van der Waals surface area contributed by atoms with E-state index in [1.54, 1.807) is 12.4 Å². The van der Waals surface area contributed by atoms with Crippen LogP contribution < -0.4 is 0 Å². The van der Waals surface area contributed by atoms with Crippen molar-refractivity contribution in [3.05, 3.63) is 48.3 Å². The molecule has 18 heavy (non-hydrogen) atoms. The molecule has 0 amide bonds. The van der Waals surface area contributed by atoms with E-state index in [0.717, 1.165) is 24.4 Å². The van der Waals surface area contributed by atoms with E-state index in [1.807, 2.05) is 6.07 Å². The summed E-state index contributed by atoms with van der Waals surface area (Å²) in [7, 11) is 4.21. The van der Waals surface area contributed by atoms with Crippen molar-refractivity contribution < 1.29 is 0 Å². The Morgan fingerprint density at radius 2 is 1.83 bits per heavy atom. The molecule has 3 heteroatoms. The molecule has 0 fully saturated rings. The zero-order chi connectivity index (χ0) is 12.8. The SMILES string of the molecule is CN(C)CCCc1cccc(-c2ncccn2)c1. The largest absolute Gasteiger partial charge is 0.309 e. The van der Waals surface area contributed by atoms with Crippen molar-refractivity contribution >= 4 is 0 Å². The lowest BCUT2D eigenvalue weighted by molar-refractivity contribution is 0.400. The molecule has 2 aromatic rings. The Hall–Kier alpha value is -1.74. The second-order valence-electron chi connectivity index (χ2n) is 4.68. The molecule has 0 N–H and O–H groups in total. The molecular weight excluding hydrogens is 222 g/mol. The maximum Gasteiger partial charge on any atom is 0.159 e. The highest BCUT2D eigenvalue weighted by Gasteiger charge is 2.01. The normalized spacial score (nSPS) is 10.8. The summed E-state index contributed by atoms with van der Waals surface area (Å²) in [5, 5.41) is 0. The topological polar surface area (TPSA) is 29.0 Å². The van der Waals surface area contributed by atoms with Crippen LogP contribution in [-0.4, -0.2) is 35.5 Å². The van der Waals surface area contributed by atoms with E-state index in [2.05, 4.69) is 53.2 Å². The molecular formula is C15H19N3. The number of nitrogens with zero attached hydrogens (tertiary/aromatic N) is 3. The van der Waals surface area contributed by atoms with Crippen LogP contribution in [0, 0.1) is 0 Å². The minimum absolute atomic E-state index is 0.798. The van der Waals surface area contributed by atoms with Crippen LogP contribution in [0.4, 0.5) is 0 Å². The quantitative estimate of drug-likeness (QED) is 0.806. The molecule has 3 nitrogen and oxygen atoms in total. The van der Waals surface area contributed by atoms with E-state index in [9.17, 15) is 0 Å². The van der Waals surface area contributed by atoms with Crippen LogP contribution in [0.2, 0.25) is 0 Å². The standard InChI is InChI=1S/C15H19N3/c1-18(2)11-4-7-13-6-3-8-14(12-13)15-16-9-5-10-17-15/h3,5-6,8-10,12H,4,7,11H2,1-2H3. The van der Waals surface area contributed by atoms with Gasteiger partial charge in [-0.2, -0.15) is 0 Å². The Morgan fingerprint density at radius 3 is 2.56 bits per heavy atom. The minimum Gasteiger partial charge on any atom is -0.309 e. The zero-order valence-corrected chi connectivity index (χ0v) is 11.0. The average molecular weight is 241 g/mol. The maximum absolute atomic E-state index is 4.28. The molecule has 0 aliphatic heterocycles. The summed E-state index contributed by atoms with van der Waals surface area (Å²) < 4.78 is 0. The highest BCUT2D eigenvalue weighted by atomic mass is 15.0. The van der Waals surface area contributed by atoms with Gasteiger partial charge in [0.1, 0.15) is 0 Å².